The summed E-state index contributed by atoms with van der Waals surface area (Å²) in [5.74, 6) is 0.631. The molecule has 3 atom stereocenters. The molecule has 32 heavy (non-hydrogen) atoms. The molecule has 1 N–H and O–H groups in total. The van der Waals surface area contributed by atoms with Crippen molar-refractivity contribution in [3.8, 4) is 5.75 Å². The Hall–Kier alpha value is -2.92. The summed E-state index contributed by atoms with van der Waals surface area (Å²) in [5, 5.41) is 5.41. The maximum atomic E-state index is 14.2. The third kappa shape index (κ3) is 5.10. The Morgan fingerprint density at radius 2 is 1.81 bits per heavy atom. The maximum absolute atomic E-state index is 14.2. The van der Waals surface area contributed by atoms with Crippen molar-refractivity contribution in [2.75, 3.05) is 13.2 Å². The summed E-state index contributed by atoms with van der Waals surface area (Å²) in [6, 6.07) is 19.7. The van der Waals surface area contributed by atoms with Gasteiger partial charge >= 0.3 is 5.97 Å². The van der Waals surface area contributed by atoms with E-state index in [1.165, 1.54) is 5.56 Å². The molecule has 0 aromatic heterocycles. The lowest BCUT2D eigenvalue weighted by Gasteiger charge is -2.22. The zero-order valence-corrected chi connectivity index (χ0v) is 18.6. The Morgan fingerprint density at radius 3 is 2.56 bits per heavy atom. The molecule has 168 valence electrons. The molecular formula is C27H30FNO3. The molecule has 0 bridgehead atoms. The number of hydrogen-bond acceptors (Lipinski definition) is 4. The van der Waals surface area contributed by atoms with Crippen LogP contribution in [-0.2, 0) is 9.53 Å². The van der Waals surface area contributed by atoms with E-state index in [-0.39, 0.29) is 24.4 Å². The van der Waals surface area contributed by atoms with Crippen molar-refractivity contribution in [1.29, 1.82) is 0 Å². The number of benzene rings is 3. The molecule has 4 rings (SSSR count). The van der Waals surface area contributed by atoms with Gasteiger partial charge in [0, 0.05) is 17.5 Å². The highest BCUT2D eigenvalue weighted by atomic mass is 19.1. The van der Waals surface area contributed by atoms with Gasteiger partial charge in [-0.25, -0.2) is 9.18 Å². The van der Waals surface area contributed by atoms with Gasteiger partial charge in [-0.15, -0.1) is 0 Å². The lowest BCUT2D eigenvalue weighted by molar-refractivity contribution is -0.145. The van der Waals surface area contributed by atoms with Crippen molar-refractivity contribution in [1.82, 2.24) is 5.32 Å². The average molecular weight is 436 g/mol. The largest absolute Gasteiger partial charge is 0.482 e. The van der Waals surface area contributed by atoms with Crippen LogP contribution in [0.2, 0.25) is 0 Å². The first-order chi connectivity index (χ1) is 15.5. The second-order valence-electron chi connectivity index (χ2n) is 8.44. The van der Waals surface area contributed by atoms with Crippen LogP contribution in [0.3, 0.4) is 0 Å². The van der Waals surface area contributed by atoms with Crippen LogP contribution in [0.15, 0.2) is 60.7 Å². The predicted molar refractivity (Wildman–Crippen MR) is 124 cm³/mol. The third-order valence-corrected chi connectivity index (χ3v) is 6.30. The number of carbonyl (C=O) groups is 1. The minimum Gasteiger partial charge on any atom is -0.482 e. The Bertz CT molecular complexity index is 1070. The zero-order valence-electron chi connectivity index (χ0n) is 18.6. The molecule has 0 amide bonds. The van der Waals surface area contributed by atoms with E-state index < -0.39 is 0 Å². The first-order valence-electron chi connectivity index (χ1n) is 11.4. The number of halogens is 1. The minimum absolute atomic E-state index is 0.0709. The number of ether oxygens (including phenoxy) is 2. The second-order valence-corrected chi connectivity index (χ2v) is 8.44. The molecule has 4 nitrogen and oxygen atoms in total. The quantitative estimate of drug-likeness (QED) is 0.447. The molecule has 1 fully saturated rings. The van der Waals surface area contributed by atoms with Crippen LogP contribution in [0, 0.1) is 5.82 Å². The number of carbonyl (C=O) groups excluding carboxylic acids is 1. The van der Waals surface area contributed by atoms with Crippen LogP contribution in [0.25, 0.3) is 10.8 Å². The van der Waals surface area contributed by atoms with Crippen LogP contribution in [0.4, 0.5) is 4.39 Å². The predicted octanol–water partition coefficient (Wildman–Crippen LogP) is 5.91. The van der Waals surface area contributed by atoms with Gasteiger partial charge in [-0.05, 0) is 73.7 Å². The molecule has 3 aromatic carbocycles. The summed E-state index contributed by atoms with van der Waals surface area (Å²) in [6.07, 6.45) is 3.29. The summed E-state index contributed by atoms with van der Waals surface area (Å²) < 4.78 is 24.5. The van der Waals surface area contributed by atoms with Crippen molar-refractivity contribution in [3.05, 3.63) is 77.6 Å². The normalized spacial score (nSPS) is 19.1. The molecular weight excluding hydrogens is 405 g/mol. The van der Waals surface area contributed by atoms with E-state index in [1.54, 1.807) is 13.0 Å². The molecule has 0 radical (unpaired) electrons. The molecule has 1 aliphatic carbocycles. The first kappa shape index (κ1) is 22.3. The van der Waals surface area contributed by atoms with Crippen molar-refractivity contribution in [3.63, 3.8) is 0 Å². The van der Waals surface area contributed by atoms with Crippen molar-refractivity contribution in [2.45, 2.75) is 51.1 Å². The van der Waals surface area contributed by atoms with E-state index in [1.807, 2.05) is 42.5 Å². The molecule has 5 heteroatoms. The van der Waals surface area contributed by atoms with Gasteiger partial charge in [0.15, 0.2) is 6.61 Å². The minimum atomic E-state index is -0.357. The van der Waals surface area contributed by atoms with E-state index in [0.29, 0.717) is 29.7 Å². The monoisotopic (exact) mass is 435 g/mol. The smallest absolute Gasteiger partial charge is 0.344 e. The molecule has 0 aliphatic heterocycles. The summed E-state index contributed by atoms with van der Waals surface area (Å²) in [6.45, 7) is 4.22. The van der Waals surface area contributed by atoms with Gasteiger partial charge in [0.2, 0.25) is 0 Å². The van der Waals surface area contributed by atoms with Crippen molar-refractivity contribution in [2.24, 2.45) is 0 Å². The highest BCUT2D eigenvalue weighted by Gasteiger charge is 2.27. The highest BCUT2D eigenvalue weighted by Crippen LogP contribution is 2.36. The van der Waals surface area contributed by atoms with E-state index in [2.05, 4.69) is 24.4 Å². The molecule has 3 aromatic rings. The average Bonchev–Trinajstić information content (AvgIpc) is 3.27. The second kappa shape index (κ2) is 10.1. The van der Waals surface area contributed by atoms with Crippen molar-refractivity contribution < 1.29 is 18.7 Å². The standard InChI is InChI=1S/C27H30FNO3/c1-3-31-27(30)17-32-22-12-9-19(10-13-22)20-8-11-21(16-20)29-18(2)23-14-15-26(28)25-7-5-4-6-24(23)25/h4-7,9-10,12-15,18,20-21,29H,3,8,11,16-17H2,1-2H3. The zero-order chi connectivity index (χ0) is 22.5. The number of fused-ring (bicyclic) bond motifs is 1. The van der Waals surface area contributed by atoms with Crippen LogP contribution >= 0.6 is 0 Å². The molecule has 1 saturated carbocycles. The molecule has 1 aliphatic rings. The van der Waals surface area contributed by atoms with Gasteiger partial charge in [0.1, 0.15) is 11.6 Å². The summed E-state index contributed by atoms with van der Waals surface area (Å²) in [5.41, 5.74) is 2.42. The fourth-order valence-corrected chi connectivity index (χ4v) is 4.72. The number of hydrogen-bond donors (Lipinski definition) is 1. The van der Waals surface area contributed by atoms with Gasteiger partial charge in [0.25, 0.3) is 0 Å². The van der Waals surface area contributed by atoms with Gasteiger partial charge in [-0.2, -0.15) is 0 Å². The summed E-state index contributed by atoms with van der Waals surface area (Å²) in [7, 11) is 0. The van der Waals surface area contributed by atoms with Crippen LogP contribution in [0.1, 0.15) is 56.2 Å². The van der Waals surface area contributed by atoms with Crippen molar-refractivity contribution >= 4 is 16.7 Å². The fourth-order valence-electron chi connectivity index (χ4n) is 4.72. The summed E-state index contributed by atoms with van der Waals surface area (Å²) in [4.78, 5) is 11.4. The van der Waals surface area contributed by atoms with E-state index in [4.69, 9.17) is 9.47 Å². The Kier molecular flexibility index (Phi) is 7.05. The van der Waals surface area contributed by atoms with Gasteiger partial charge in [0.05, 0.1) is 6.61 Å². The molecule has 3 unspecified atom stereocenters. The van der Waals surface area contributed by atoms with Crippen LogP contribution in [-0.4, -0.2) is 25.2 Å². The van der Waals surface area contributed by atoms with Gasteiger partial charge in [-0.1, -0.05) is 42.5 Å². The lowest BCUT2D eigenvalue weighted by Crippen LogP contribution is -2.29. The van der Waals surface area contributed by atoms with Gasteiger partial charge < -0.3 is 14.8 Å². The van der Waals surface area contributed by atoms with E-state index in [0.717, 1.165) is 30.2 Å². The lowest BCUT2D eigenvalue weighted by atomic mass is 9.96. The maximum Gasteiger partial charge on any atom is 0.344 e. The number of esters is 1. The Morgan fingerprint density at radius 1 is 1.06 bits per heavy atom. The molecule has 0 spiro atoms. The number of nitrogens with one attached hydrogen (secondary N) is 1. The first-order valence-corrected chi connectivity index (χ1v) is 11.4. The fraction of sp³-hybridized carbons (Fsp3) is 0.370. The van der Waals surface area contributed by atoms with Gasteiger partial charge in [-0.3, -0.25) is 0 Å². The third-order valence-electron chi connectivity index (χ3n) is 6.30. The van der Waals surface area contributed by atoms with E-state index in [9.17, 15) is 9.18 Å². The van der Waals surface area contributed by atoms with E-state index >= 15 is 0 Å². The molecule has 0 heterocycles. The number of rotatable bonds is 8. The Labute approximate surface area is 188 Å². The SMILES string of the molecule is CCOC(=O)COc1ccc(C2CCC(NC(C)c3ccc(F)c4ccccc34)C2)cc1. The van der Waals surface area contributed by atoms with Crippen LogP contribution in [0.5, 0.6) is 5.75 Å². The highest BCUT2D eigenvalue weighted by molar-refractivity contribution is 5.86. The Balaban J connectivity index is 1.35. The molecule has 0 saturated heterocycles. The summed E-state index contributed by atoms with van der Waals surface area (Å²) >= 11 is 0. The van der Waals surface area contributed by atoms with Crippen LogP contribution < -0.4 is 10.1 Å². The topological polar surface area (TPSA) is 47.6 Å².